The van der Waals surface area contributed by atoms with Gasteiger partial charge in [0, 0.05) is 24.5 Å². The second kappa shape index (κ2) is 6.78. The molecule has 0 heterocycles. The topological polar surface area (TPSA) is 24.1 Å². The lowest BCUT2D eigenvalue weighted by molar-refractivity contribution is -0.162. The first-order valence-corrected chi connectivity index (χ1v) is 5.93. The molecule has 0 fully saturated rings. The minimum absolute atomic E-state index is 0.356. The number of nitrogens with one attached hydrogen (secondary N) is 2. The number of hydrogen-bond acceptors (Lipinski definition) is 2. The summed E-state index contributed by atoms with van der Waals surface area (Å²) < 4.78 is 74.0. The third-order valence-electron chi connectivity index (χ3n) is 2.66. The Morgan fingerprint density at radius 2 is 1.47 bits per heavy atom. The van der Waals surface area contributed by atoms with Crippen molar-refractivity contribution in [2.24, 2.45) is 0 Å². The maximum Gasteiger partial charge on any atom is 0.390 e. The molecule has 116 valence electrons. The molecule has 0 rings (SSSR count). The van der Waals surface area contributed by atoms with E-state index >= 15 is 0 Å². The van der Waals surface area contributed by atoms with Crippen molar-refractivity contribution >= 4 is 0 Å². The molecule has 2 nitrogen and oxygen atoms in total. The number of rotatable bonds is 7. The second-order valence-electron chi connectivity index (χ2n) is 5.07. The van der Waals surface area contributed by atoms with Gasteiger partial charge in [-0.15, -0.1) is 0 Å². The lowest BCUT2D eigenvalue weighted by Crippen LogP contribution is -2.52. The molecule has 2 unspecified atom stereocenters. The predicted molar refractivity (Wildman–Crippen MR) is 60.9 cm³/mol. The molecule has 0 aromatic heterocycles. The molecule has 0 amide bonds. The summed E-state index contributed by atoms with van der Waals surface area (Å²) >= 11 is 0. The van der Waals surface area contributed by atoms with Crippen LogP contribution < -0.4 is 10.6 Å². The Morgan fingerprint density at radius 3 is 1.84 bits per heavy atom. The maximum atomic E-state index is 12.5. The van der Waals surface area contributed by atoms with Crippen LogP contribution in [-0.2, 0) is 0 Å². The molecule has 0 aliphatic carbocycles. The van der Waals surface area contributed by atoms with E-state index in [2.05, 4.69) is 10.6 Å². The fourth-order valence-electron chi connectivity index (χ4n) is 2.02. The van der Waals surface area contributed by atoms with Crippen molar-refractivity contribution in [1.29, 1.82) is 0 Å². The quantitative estimate of drug-likeness (QED) is 0.704. The zero-order valence-electron chi connectivity index (χ0n) is 11.2. The van der Waals surface area contributed by atoms with Crippen molar-refractivity contribution in [1.82, 2.24) is 10.6 Å². The minimum atomic E-state index is -4.51. The fourth-order valence-corrected chi connectivity index (χ4v) is 2.02. The Labute approximate surface area is 108 Å². The number of halogens is 6. The highest BCUT2D eigenvalue weighted by Crippen LogP contribution is 2.33. The molecule has 0 saturated heterocycles. The van der Waals surface area contributed by atoms with E-state index in [1.807, 2.05) is 0 Å². The van der Waals surface area contributed by atoms with Crippen LogP contribution in [-0.4, -0.2) is 37.5 Å². The molecule has 0 aromatic carbocycles. The van der Waals surface area contributed by atoms with E-state index < -0.39 is 37.2 Å². The van der Waals surface area contributed by atoms with Crippen LogP contribution in [0.4, 0.5) is 26.3 Å². The van der Waals surface area contributed by atoms with Gasteiger partial charge in [-0.2, -0.15) is 26.3 Å². The second-order valence-corrected chi connectivity index (χ2v) is 5.07. The number of alkyl halides is 6. The standard InChI is InChI=1S/C11H20F6N2/c1-8(6-18-3)19-9(2,7-11(15,16)17)4-5-10(12,13)14/h8,18-19H,4-7H2,1-3H3. The van der Waals surface area contributed by atoms with E-state index in [0.717, 1.165) is 0 Å². The highest BCUT2D eigenvalue weighted by atomic mass is 19.4. The molecule has 0 saturated carbocycles. The van der Waals surface area contributed by atoms with Crippen molar-refractivity contribution in [3.05, 3.63) is 0 Å². The van der Waals surface area contributed by atoms with Gasteiger partial charge in [-0.1, -0.05) is 0 Å². The van der Waals surface area contributed by atoms with Crippen LogP contribution in [0.1, 0.15) is 33.1 Å². The van der Waals surface area contributed by atoms with E-state index in [0.29, 0.717) is 6.54 Å². The first-order valence-electron chi connectivity index (χ1n) is 5.93. The van der Waals surface area contributed by atoms with Gasteiger partial charge in [0.1, 0.15) is 0 Å². The van der Waals surface area contributed by atoms with E-state index in [1.165, 1.54) is 6.92 Å². The fraction of sp³-hybridized carbons (Fsp3) is 1.00. The van der Waals surface area contributed by atoms with Gasteiger partial charge in [0.25, 0.3) is 0 Å². The summed E-state index contributed by atoms with van der Waals surface area (Å²) in [7, 11) is 1.62. The van der Waals surface area contributed by atoms with Crippen LogP contribution in [0, 0.1) is 0 Å². The molecule has 0 radical (unpaired) electrons. The van der Waals surface area contributed by atoms with E-state index in [4.69, 9.17) is 0 Å². The van der Waals surface area contributed by atoms with Crippen molar-refractivity contribution in [2.75, 3.05) is 13.6 Å². The van der Waals surface area contributed by atoms with Gasteiger partial charge in [-0.3, -0.25) is 0 Å². The molecule has 0 aromatic rings. The predicted octanol–water partition coefficient (Wildman–Crippen LogP) is 3.24. The average molecular weight is 294 g/mol. The molecule has 0 aliphatic rings. The Bertz CT molecular complexity index is 263. The molecule has 0 aliphatic heterocycles. The summed E-state index contributed by atoms with van der Waals surface area (Å²) in [6.07, 6.45) is -12.1. The molecule has 2 N–H and O–H groups in total. The molecule has 8 heteroatoms. The van der Waals surface area contributed by atoms with E-state index in [9.17, 15) is 26.3 Å². The molecule has 19 heavy (non-hydrogen) atoms. The van der Waals surface area contributed by atoms with Crippen LogP contribution in [0.2, 0.25) is 0 Å². The third kappa shape index (κ3) is 10.0. The molecule has 0 spiro atoms. The lowest BCUT2D eigenvalue weighted by atomic mass is 9.90. The summed E-state index contributed by atoms with van der Waals surface area (Å²) in [6, 6.07) is -0.356. The van der Waals surface area contributed by atoms with Crippen LogP contribution in [0.15, 0.2) is 0 Å². The minimum Gasteiger partial charge on any atom is -0.318 e. The summed E-state index contributed by atoms with van der Waals surface area (Å²) in [5, 5.41) is 5.40. The van der Waals surface area contributed by atoms with Crippen molar-refractivity contribution in [2.45, 2.75) is 57.0 Å². The third-order valence-corrected chi connectivity index (χ3v) is 2.66. The van der Waals surface area contributed by atoms with Gasteiger partial charge in [0.15, 0.2) is 0 Å². The Hall–Kier alpha value is -0.500. The van der Waals surface area contributed by atoms with E-state index in [1.54, 1.807) is 14.0 Å². The highest BCUT2D eigenvalue weighted by molar-refractivity contribution is 4.89. The zero-order chi connectivity index (χ0) is 15.3. The Morgan fingerprint density at radius 1 is 0.947 bits per heavy atom. The molecule has 2 atom stereocenters. The molecule has 0 bridgehead atoms. The number of hydrogen-bond donors (Lipinski definition) is 2. The van der Waals surface area contributed by atoms with Gasteiger partial charge < -0.3 is 10.6 Å². The highest BCUT2D eigenvalue weighted by Gasteiger charge is 2.42. The lowest BCUT2D eigenvalue weighted by Gasteiger charge is -2.35. The summed E-state index contributed by atoms with van der Waals surface area (Å²) in [6.45, 7) is 3.18. The Kier molecular flexibility index (Phi) is 6.61. The van der Waals surface area contributed by atoms with Crippen LogP contribution >= 0.6 is 0 Å². The largest absolute Gasteiger partial charge is 0.390 e. The van der Waals surface area contributed by atoms with Crippen LogP contribution in [0.5, 0.6) is 0 Å². The van der Waals surface area contributed by atoms with Crippen molar-refractivity contribution in [3.8, 4) is 0 Å². The summed E-state index contributed by atoms with van der Waals surface area (Å²) in [4.78, 5) is 0. The van der Waals surface area contributed by atoms with Crippen molar-refractivity contribution < 1.29 is 26.3 Å². The monoisotopic (exact) mass is 294 g/mol. The van der Waals surface area contributed by atoms with Gasteiger partial charge in [-0.05, 0) is 27.3 Å². The Balaban J connectivity index is 4.71. The maximum absolute atomic E-state index is 12.5. The van der Waals surface area contributed by atoms with Gasteiger partial charge in [0.2, 0.25) is 0 Å². The van der Waals surface area contributed by atoms with Crippen LogP contribution in [0.25, 0.3) is 0 Å². The van der Waals surface area contributed by atoms with Gasteiger partial charge >= 0.3 is 12.4 Å². The average Bonchev–Trinajstić information content (AvgIpc) is 2.10. The van der Waals surface area contributed by atoms with Gasteiger partial charge in [0.05, 0.1) is 6.42 Å². The van der Waals surface area contributed by atoms with Crippen molar-refractivity contribution in [3.63, 3.8) is 0 Å². The zero-order valence-corrected chi connectivity index (χ0v) is 11.2. The smallest absolute Gasteiger partial charge is 0.318 e. The van der Waals surface area contributed by atoms with Gasteiger partial charge in [-0.25, -0.2) is 0 Å². The molecular weight excluding hydrogens is 274 g/mol. The van der Waals surface area contributed by atoms with E-state index in [-0.39, 0.29) is 6.04 Å². The molecular formula is C11H20F6N2. The SMILES string of the molecule is CNCC(C)NC(C)(CCC(F)(F)F)CC(F)(F)F. The normalized spacial score (nSPS) is 18.2. The summed E-state index contributed by atoms with van der Waals surface area (Å²) in [5.74, 6) is 0. The first kappa shape index (κ1) is 18.5. The first-order chi connectivity index (χ1) is 8.37. The number of likely N-dealkylation sites (N-methyl/N-ethyl adjacent to an activating group) is 1. The summed E-state index contributed by atoms with van der Waals surface area (Å²) in [5.41, 5.74) is -1.62. The van der Waals surface area contributed by atoms with Crippen LogP contribution in [0.3, 0.4) is 0 Å².